The lowest BCUT2D eigenvalue weighted by Crippen LogP contribution is -2.61. The smallest absolute Gasteiger partial charge is 0.252 e. The molecule has 0 amide bonds. The van der Waals surface area contributed by atoms with E-state index in [1.807, 2.05) is 0 Å². The molecule has 0 N–H and O–H groups in total. The highest BCUT2D eigenvalue weighted by Crippen LogP contribution is 2.55. The van der Waals surface area contributed by atoms with Gasteiger partial charge >= 0.3 is 0 Å². The molecule has 5 aromatic carbocycles. The van der Waals surface area contributed by atoms with Crippen LogP contribution in [0.2, 0.25) is 0 Å². The number of allylic oxidation sites excluding steroid dienone is 5. The zero-order valence-corrected chi connectivity index (χ0v) is 44.8. The molecule has 2 atom stereocenters. The van der Waals surface area contributed by atoms with Crippen LogP contribution in [0.3, 0.4) is 0 Å². The standard InChI is InChI=1S/C67H75BN2O/c1-42-35-46(63(2,3)4)27-30-55(42)70-58-38-45(49(44-23-17-14-18-24-44)36-43-21-15-13-16-22-43)37-57-61(58)68(60-48-25-19-20-26-59(48)71-62(60)70)54-40-52-53(67(11,12)34-33-66(52,9)10)41-56(54)69(57)47-28-29-50-51(39-47)65(7,8)32-31-64(50,5)6/h13-17,19-23,25-30,35,37,39-41,49,58H,18,24,31-34,36,38H2,1-12H3. The quantitative estimate of drug-likeness (QED) is 0.155. The summed E-state index contributed by atoms with van der Waals surface area (Å²) in [6, 6.07) is 40.5. The molecule has 1 aromatic heterocycles. The SMILES string of the molecule is Cc1cc(C(C)(C)C)ccc1N1c2oc3ccccc3c2B2C3=C(C=C(C(Cc4ccccc4)C4=CC=CCC4)CC31)N(c1ccc3c(c1)C(C)(C)CCC3(C)C)c1cc3c(cc12)C(C)(C)CCC3(C)C. The summed E-state index contributed by atoms with van der Waals surface area (Å²) in [5, 5.41) is 1.22. The number of furan rings is 1. The van der Waals surface area contributed by atoms with Gasteiger partial charge in [-0.15, -0.1) is 0 Å². The van der Waals surface area contributed by atoms with Crippen molar-refractivity contribution in [1.29, 1.82) is 0 Å². The van der Waals surface area contributed by atoms with Crippen molar-refractivity contribution in [2.75, 3.05) is 9.80 Å². The van der Waals surface area contributed by atoms with E-state index >= 15 is 0 Å². The Labute approximate surface area is 425 Å². The fourth-order valence-electron chi connectivity index (χ4n) is 14.1. The Morgan fingerprint density at radius 2 is 1.35 bits per heavy atom. The van der Waals surface area contributed by atoms with Crippen molar-refractivity contribution in [2.24, 2.45) is 5.92 Å². The Morgan fingerprint density at radius 1 is 0.690 bits per heavy atom. The summed E-state index contributed by atoms with van der Waals surface area (Å²) in [5.74, 6) is 1.25. The Morgan fingerprint density at radius 3 is 2.03 bits per heavy atom. The maximum Gasteiger partial charge on any atom is 0.252 e. The Hall–Kier alpha value is -5.74. The van der Waals surface area contributed by atoms with Crippen LogP contribution in [0.1, 0.15) is 160 Å². The van der Waals surface area contributed by atoms with Gasteiger partial charge in [0, 0.05) is 39.5 Å². The molecule has 0 saturated heterocycles. The van der Waals surface area contributed by atoms with Crippen molar-refractivity contribution in [3.05, 3.63) is 189 Å². The minimum absolute atomic E-state index is 0.00406. The molecule has 0 saturated carbocycles. The molecule has 0 fully saturated rings. The summed E-state index contributed by atoms with van der Waals surface area (Å²) < 4.78 is 7.43. The van der Waals surface area contributed by atoms with Crippen LogP contribution in [0.4, 0.5) is 22.9 Å². The summed E-state index contributed by atoms with van der Waals surface area (Å²) in [5.41, 5.74) is 23.8. The molecule has 3 nitrogen and oxygen atoms in total. The molecule has 4 aliphatic carbocycles. The third-order valence-corrected chi connectivity index (χ3v) is 18.6. The summed E-state index contributed by atoms with van der Waals surface area (Å²) >= 11 is 0. The van der Waals surface area contributed by atoms with Gasteiger partial charge in [-0.2, -0.15) is 0 Å². The van der Waals surface area contributed by atoms with Gasteiger partial charge in [0.05, 0.1) is 6.04 Å². The Balaban J connectivity index is 1.21. The van der Waals surface area contributed by atoms with E-state index in [9.17, 15) is 0 Å². The van der Waals surface area contributed by atoms with E-state index in [1.165, 1.54) is 115 Å². The van der Waals surface area contributed by atoms with Crippen molar-refractivity contribution in [2.45, 2.75) is 168 Å². The van der Waals surface area contributed by atoms with E-state index in [2.05, 4.69) is 220 Å². The first-order valence-electron chi connectivity index (χ1n) is 27.1. The largest absolute Gasteiger partial charge is 0.441 e. The van der Waals surface area contributed by atoms with E-state index in [4.69, 9.17) is 4.42 Å². The van der Waals surface area contributed by atoms with Crippen molar-refractivity contribution < 1.29 is 4.42 Å². The number of hydrogen-bond donors (Lipinski definition) is 0. The lowest BCUT2D eigenvalue weighted by atomic mass is 9.31. The predicted octanol–water partition coefficient (Wildman–Crippen LogP) is 16.3. The number of hydrogen-bond acceptors (Lipinski definition) is 3. The van der Waals surface area contributed by atoms with Crippen molar-refractivity contribution in [1.82, 2.24) is 0 Å². The second kappa shape index (κ2) is 16.1. The van der Waals surface area contributed by atoms with Gasteiger partial charge in [0.1, 0.15) is 5.58 Å². The van der Waals surface area contributed by atoms with Gasteiger partial charge in [-0.3, -0.25) is 0 Å². The van der Waals surface area contributed by atoms with E-state index in [0.29, 0.717) is 0 Å². The fraction of sp³-hybridized carbons (Fsp3) is 0.403. The monoisotopic (exact) mass is 935 g/mol. The van der Waals surface area contributed by atoms with Crippen LogP contribution in [0, 0.1) is 12.8 Å². The van der Waals surface area contributed by atoms with Crippen LogP contribution >= 0.6 is 0 Å². The summed E-state index contributed by atoms with van der Waals surface area (Å²) in [6.45, 7) is 29.2. The highest BCUT2D eigenvalue weighted by molar-refractivity contribution is 6.95. The molecule has 6 aromatic rings. The van der Waals surface area contributed by atoms with Crippen LogP contribution in [0.15, 0.2) is 154 Å². The highest BCUT2D eigenvalue weighted by atomic mass is 16.4. The number of fused-ring (bicyclic) bond motifs is 8. The molecular weight excluding hydrogens is 860 g/mol. The second-order valence-electron chi connectivity index (χ2n) is 26.2. The maximum atomic E-state index is 7.43. The third kappa shape index (κ3) is 7.42. The summed E-state index contributed by atoms with van der Waals surface area (Å²) in [7, 11) is 0. The van der Waals surface area contributed by atoms with Crippen LogP contribution in [-0.2, 0) is 33.5 Å². The zero-order valence-electron chi connectivity index (χ0n) is 44.8. The molecule has 4 heteroatoms. The van der Waals surface area contributed by atoms with Gasteiger partial charge in [0.25, 0.3) is 6.71 Å². The Kier molecular flexibility index (Phi) is 10.5. The molecular formula is C67H75BN2O. The minimum Gasteiger partial charge on any atom is -0.441 e. The van der Waals surface area contributed by atoms with Crippen molar-refractivity contribution in [3.63, 3.8) is 0 Å². The van der Waals surface area contributed by atoms with Gasteiger partial charge < -0.3 is 14.2 Å². The summed E-state index contributed by atoms with van der Waals surface area (Å²) in [4.78, 5) is 5.46. The average Bonchev–Trinajstić information content (AvgIpc) is 3.73. The number of rotatable bonds is 6. The summed E-state index contributed by atoms with van der Waals surface area (Å²) in [6.07, 6.45) is 18.6. The lowest BCUT2D eigenvalue weighted by molar-refractivity contribution is 0.332. The van der Waals surface area contributed by atoms with Gasteiger partial charge in [0.15, 0.2) is 5.88 Å². The van der Waals surface area contributed by atoms with Gasteiger partial charge in [0.2, 0.25) is 0 Å². The maximum absolute atomic E-state index is 7.43. The van der Waals surface area contributed by atoms with Gasteiger partial charge in [-0.25, -0.2) is 0 Å². The topological polar surface area (TPSA) is 19.6 Å². The third-order valence-electron chi connectivity index (χ3n) is 18.6. The van der Waals surface area contributed by atoms with E-state index < -0.39 is 0 Å². The molecule has 3 heterocycles. The first-order chi connectivity index (χ1) is 33.7. The molecule has 12 rings (SSSR count). The normalized spacial score (nSPS) is 21.7. The lowest BCUT2D eigenvalue weighted by Gasteiger charge is -2.51. The molecule has 6 aliphatic rings. The average molecular weight is 935 g/mol. The molecule has 0 radical (unpaired) electrons. The van der Waals surface area contributed by atoms with E-state index in [0.717, 1.165) is 37.2 Å². The van der Waals surface area contributed by atoms with E-state index in [-0.39, 0.29) is 45.7 Å². The van der Waals surface area contributed by atoms with Gasteiger partial charge in [-0.05, 0) is 172 Å². The van der Waals surface area contributed by atoms with Crippen molar-refractivity contribution in [3.8, 4) is 0 Å². The predicted molar refractivity (Wildman–Crippen MR) is 302 cm³/mol. The molecule has 71 heavy (non-hydrogen) atoms. The zero-order chi connectivity index (χ0) is 49.6. The molecule has 0 bridgehead atoms. The van der Waals surface area contributed by atoms with Crippen molar-refractivity contribution >= 4 is 51.6 Å². The minimum atomic E-state index is 0.00406. The first-order valence-corrected chi connectivity index (χ1v) is 27.1. The number of nitrogens with zero attached hydrogens (tertiary/aromatic N) is 2. The van der Waals surface area contributed by atoms with Gasteiger partial charge in [-0.1, -0.05) is 178 Å². The Bertz CT molecular complexity index is 3290. The van der Waals surface area contributed by atoms with Crippen LogP contribution < -0.4 is 20.7 Å². The van der Waals surface area contributed by atoms with Crippen LogP contribution in [-0.4, -0.2) is 12.8 Å². The fourth-order valence-corrected chi connectivity index (χ4v) is 14.1. The van der Waals surface area contributed by atoms with Crippen LogP contribution in [0.25, 0.3) is 11.0 Å². The number of anilines is 4. The number of para-hydroxylation sites is 1. The number of benzene rings is 5. The van der Waals surface area contributed by atoms with Crippen LogP contribution in [0.5, 0.6) is 0 Å². The molecule has 2 aliphatic heterocycles. The second-order valence-corrected chi connectivity index (χ2v) is 26.2. The highest BCUT2D eigenvalue weighted by Gasteiger charge is 2.53. The molecule has 362 valence electrons. The number of aryl methyl sites for hydroxylation is 1. The molecule has 2 unspecified atom stereocenters. The van der Waals surface area contributed by atoms with E-state index in [1.54, 1.807) is 5.57 Å². The molecule has 0 spiro atoms. The first kappa shape index (κ1) is 46.3.